The molecule has 1 aromatic heterocycles. The molecule has 0 aliphatic carbocycles. The summed E-state index contributed by atoms with van der Waals surface area (Å²) in [5.41, 5.74) is 5.07. The Bertz CT molecular complexity index is 1490. The van der Waals surface area contributed by atoms with Crippen LogP contribution in [-0.2, 0) is 6.42 Å². The topological polar surface area (TPSA) is 110 Å². The van der Waals surface area contributed by atoms with E-state index in [1.54, 1.807) is 6.07 Å². The number of benzene rings is 3. The molecule has 0 bridgehead atoms. The van der Waals surface area contributed by atoms with Crippen molar-refractivity contribution in [2.24, 2.45) is 0 Å². The van der Waals surface area contributed by atoms with Gasteiger partial charge >= 0.3 is 18.4 Å². The predicted molar refractivity (Wildman–Crippen MR) is 148 cm³/mol. The lowest BCUT2D eigenvalue weighted by Gasteiger charge is -2.10. The number of amides is 4. The molecule has 214 valence electrons. The Morgan fingerprint density at radius 1 is 0.927 bits per heavy atom. The predicted octanol–water partition coefficient (Wildman–Crippen LogP) is 6.30. The average Bonchev–Trinajstić information content (AvgIpc) is 3.40. The van der Waals surface area contributed by atoms with Gasteiger partial charge in [-0.15, -0.1) is 18.3 Å². The van der Waals surface area contributed by atoms with Crippen LogP contribution in [0, 0.1) is 13.8 Å². The molecular weight excluding hydrogens is 537 g/mol. The first-order valence-electron chi connectivity index (χ1n) is 12.9. The highest BCUT2D eigenvalue weighted by Crippen LogP contribution is 2.24. The van der Waals surface area contributed by atoms with Crippen molar-refractivity contribution in [2.75, 3.05) is 11.9 Å². The lowest BCUT2D eigenvalue weighted by atomic mass is 10.1. The summed E-state index contributed by atoms with van der Waals surface area (Å²) >= 11 is 0. The van der Waals surface area contributed by atoms with E-state index >= 15 is 0 Å². The highest BCUT2D eigenvalue weighted by molar-refractivity contribution is 6.00. The number of halogens is 3. The summed E-state index contributed by atoms with van der Waals surface area (Å²) in [6.07, 6.45) is -0.908. The average molecular weight is 567 g/mol. The highest BCUT2D eigenvalue weighted by atomic mass is 19.4. The number of aromatic nitrogens is 3. The molecule has 0 saturated heterocycles. The third-order valence-electron chi connectivity index (χ3n) is 6.07. The van der Waals surface area contributed by atoms with E-state index in [-0.39, 0.29) is 5.75 Å². The lowest BCUT2D eigenvalue weighted by molar-refractivity contribution is -0.274. The zero-order chi connectivity index (χ0) is 29.4. The lowest BCUT2D eigenvalue weighted by Crippen LogP contribution is -2.42. The number of nitrogens with zero attached hydrogens (tertiary/aromatic N) is 3. The van der Waals surface area contributed by atoms with Gasteiger partial charge in [0.15, 0.2) is 5.82 Å². The van der Waals surface area contributed by atoms with E-state index in [2.05, 4.69) is 30.8 Å². The SMILES string of the molecule is Cc1ccc(NC(=O)NC(=O)NCCCCc2ccc(-c3ncn(-c4ccc(OC(F)(F)F)cc4)n3)cc2)c(C)c1. The number of unbranched alkanes of at least 4 members (excludes halogenated alkanes) is 1. The molecule has 4 amide bonds. The molecule has 0 unspecified atom stereocenters. The van der Waals surface area contributed by atoms with E-state index in [4.69, 9.17) is 0 Å². The standard InChI is InChI=1S/C29H29F3N6O3/c1-19-6-15-25(20(2)17-19)35-28(40)36-27(39)33-16-4-3-5-21-7-9-22(10-8-21)26-34-18-38(37-26)23-11-13-24(14-12-23)41-29(30,31)32/h6-15,17-18H,3-5,16H2,1-2H3,(H3,33,35,36,39,40). The third kappa shape index (κ3) is 8.82. The number of hydrogen-bond acceptors (Lipinski definition) is 5. The molecule has 0 aliphatic rings. The fourth-order valence-electron chi connectivity index (χ4n) is 4.05. The molecule has 0 atom stereocenters. The van der Waals surface area contributed by atoms with E-state index in [0.29, 0.717) is 23.7 Å². The summed E-state index contributed by atoms with van der Waals surface area (Å²) < 4.78 is 42.4. The molecule has 0 radical (unpaired) electrons. The number of imide groups is 1. The van der Waals surface area contributed by atoms with Crippen LogP contribution in [0.2, 0.25) is 0 Å². The Labute approximate surface area is 234 Å². The van der Waals surface area contributed by atoms with Crippen molar-refractivity contribution in [1.82, 2.24) is 25.4 Å². The van der Waals surface area contributed by atoms with Crippen LogP contribution in [0.5, 0.6) is 5.75 Å². The van der Waals surface area contributed by atoms with Gasteiger partial charge in [0, 0.05) is 17.8 Å². The van der Waals surface area contributed by atoms with E-state index in [0.717, 1.165) is 41.5 Å². The first kappa shape index (κ1) is 29.1. The van der Waals surface area contributed by atoms with Gasteiger partial charge in [-0.3, -0.25) is 5.32 Å². The molecule has 0 fully saturated rings. The van der Waals surface area contributed by atoms with Gasteiger partial charge in [0.25, 0.3) is 0 Å². The maximum atomic E-state index is 12.3. The Balaban J connectivity index is 1.18. The van der Waals surface area contributed by atoms with Crippen molar-refractivity contribution in [3.63, 3.8) is 0 Å². The van der Waals surface area contributed by atoms with Crippen LogP contribution in [0.4, 0.5) is 28.4 Å². The first-order valence-corrected chi connectivity index (χ1v) is 12.9. The monoisotopic (exact) mass is 566 g/mol. The van der Waals surface area contributed by atoms with Gasteiger partial charge in [0.2, 0.25) is 0 Å². The van der Waals surface area contributed by atoms with E-state index in [9.17, 15) is 22.8 Å². The van der Waals surface area contributed by atoms with Crippen LogP contribution >= 0.6 is 0 Å². The molecule has 41 heavy (non-hydrogen) atoms. The molecule has 0 aliphatic heterocycles. The molecule has 0 spiro atoms. The van der Waals surface area contributed by atoms with E-state index in [1.807, 2.05) is 50.2 Å². The second kappa shape index (κ2) is 13.0. The maximum Gasteiger partial charge on any atom is 0.573 e. The van der Waals surface area contributed by atoms with Gasteiger partial charge in [0.1, 0.15) is 12.1 Å². The van der Waals surface area contributed by atoms with Crippen molar-refractivity contribution in [3.05, 3.63) is 89.7 Å². The zero-order valence-corrected chi connectivity index (χ0v) is 22.5. The van der Waals surface area contributed by atoms with Gasteiger partial charge in [-0.05, 0) is 74.6 Å². The number of urea groups is 2. The smallest absolute Gasteiger partial charge is 0.406 e. The second-order valence-electron chi connectivity index (χ2n) is 9.36. The minimum atomic E-state index is -4.75. The van der Waals surface area contributed by atoms with Crippen molar-refractivity contribution in [1.29, 1.82) is 0 Å². The molecule has 12 heteroatoms. The van der Waals surface area contributed by atoms with E-state index < -0.39 is 18.4 Å². The minimum Gasteiger partial charge on any atom is -0.406 e. The summed E-state index contributed by atoms with van der Waals surface area (Å²) in [6.45, 7) is 4.27. The number of carbonyl (C=O) groups is 2. The van der Waals surface area contributed by atoms with Crippen LogP contribution in [0.3, 0.4) is 0 Å². The van der Waals surface area contributed by atoms with Gasteiger partial charge in [0.05, 0.1) is 5.69 Å². The third-order valence-corrected chi connectivity index (χ3v) is 6.07. The molecule has 0 saturated carbocycles. The zero-order valence-electron chi connectivity index (χ0n) is 22.5. The normalized spacial score (nSPS) is 11.1. The van der Waals surface area contributed by atoms with Crippen LogP contribution < -0.4 is 20.7 Å². The summed E-state index contributed by atoms with van der Waals surface area (Å²) in [6, 6.07) is 17.5. The summed E-state index contributed by atoms with van der Waals surface area (Å²) in [7, 11) is 0. The van der Waals surface area contributed by atoms with Crippen molar-refractivity contribution < 1.29 is 27.5 Å². The molecule has 4 rings (SSSR count). The van der Waals surface area contributed by atoms with Crippen LogP contribution in [0.25, 0.3) is 17.1 Å². The molecular formula is C29H29F3N6O3. The van der Waals surface area contributed by atoms with Crippen LogP contribution in [-0.4, -0.2) is 39.7 Å². The van der Waals surface area contributed by atoms with Gasteiger partial charge in [-0.1, -0.05) is 42.0 Å². The number of anilines is 1. The Morgan fingerprint density at radius 3 is 2.34 bits per heavy atom. The largest absolute Gasteiger partial charge is 0.573 e. The molecule has 3 N–H and O–H groups in total. The fourth-order valence-corrected chi connectivity index (χ4v) is 4.05. The maximum absolute atomic E-state index is 12.3. The Hall–Kier alpha value is -4.87. The van der Waals surface area contributed by atoms with Crippen molar-refractivity contribution in [2.45, 2.75) is 39.5 Å². The number of ether oxygens (including phenoxy) is 1. The highest BCUT2D eigenvalue weighted by Gasteiger charge is 2.31. The second-order valence-corrected chi connectivity index (χ2v) is 9.36. The fraction of sp³-hybridized carbons (Fsp3) is 0.241. The van der Waals surface area contributed by atoms with E-state index in [1.165, 1.54) is 35.3 Å². The number of hydrogen-bond donors (Lipinski definition) is 3. The minimum absolute atomic E-state index is 0.312. The van der Waals surface area contributed by atoms with Crippen LogP contribution in [0.1, 0.15) is 29.5 Å². The summed E-state index contributed by atoms with van der Waals surface area (Å²) in [4.78, 5) is 28.4. The number of carbonyl (C=O) groups excluding carboxylic acids is 2. The molecule has 1 heterocycles. The van der Waals surface area contributed by atoms with Crippen molar-refractivity contribution >= 4 is 17.7 Å². The number of aryl methyl sites for hydroxylation is 3. The van der Waals surface area contributed by atoms with Gasteiger partial charge in [-0.2, -0.15) is 0 Å². The van der Waals surface area contributed by atoms with Gasteiger partial charge in [-0.25, -0.2) is 19.3 Å². The summed E-state index contributed by atoms with van der Waals surface area (Å²) in [5, 5.41) is 12.0. The quantitative estimate of drug-likeness (QED) is 0.206. The summed E-state index contributed by atoms with van der Waals surface area (Å²) in [5.74, 6) is 0.163. The molecule has 4 aromatic rings. The first-order chi connectivity index (χ1) is 19.6. The van der Waals surface area contributed by atoms with Crippen LogP contribution in [0.15, 0.2) is 73.1 Å². The number of rotatable bonds is 9. The Kier molecular flexibility index (Phi) is 9.23. The van der Waals surface area contributed by atoms with Crippen molar-refractivity contribution in [3.8, 4) is 22.8 Å². The number of alkyl halides is 3. The Morgan fingerprint density at radius 2 is 1.66 bits per heavy atom. The molecule has 3 aromatic carbocycles. The molecule has 9 nitrogen and oxygen atoms in total. The van der Waals surface area contributed by atoms with Gasteiger partial charge < -0.3 is 15.4 Å². The number of nitrogens with one attached hydrogen (secondary N) is 3.